The van der Waals surface area contributed by atoms with Crippen LogP contribution in [0.4, 0.5) is 0 Å². The zero-order valence-electron chi connectivity index (χ0n) is 30.0. The second kappa shape index (κ2) is 13.6. The molecule has 55 heavy (non-hydrogen) atoms. The van der Waals surface area contributed by atoms with Gasteiger partial charge in [-0.2, -0.15) is 0 Å². The van der Waals surface area contributed by atoms with Gasteiger partial charge in [-0.15, -0.1) is 0 Å². The number of fused-ring (bicyclic) bond motifs is 3. The molecule has 1 aliphatic rings. The molecule has 1 aliphatic carbocycles. The zero-order valence-corrected chi connectivity index (χ0v) is 30.0. The summed E-state index contributed by atoms with van der Waals surface area (Å²) in [4.78, 5) is 14.8. The Hall–Kier alpha value is -7.23. The summed E-state index contributed by atoms with van der Waals surface area (Å²) >= 11 is 0. The van der Waals surface area contributed by atoms with E-state index in [1.165, 1.54) is 38.9 Å². The number of benzene rings is 7. The van der Waals surface area contributed by atoms with Crippen LogP contribution in [0.5, 0.6) is 0 Å². The lowest BCUT2D eigenvalue weighted by atomic mass is 9.67. The van der Waals surface area contributed by atoms with Crippen LogP contribution >= 0.6 is 0 Å². The van der Waals surface area contributed by atoms with E-state index in [-0.39, 0.29) is 0 Å². The molecule has 0 unspecified atom stereocenters. The van der Waals surface area contributed by atoms with E-state index in [1.54, 1.807) is 6.20 Å². The molecule has 0 aliphatic heterocycles. The van der Waals surface area contributed by atoms with Gasteiger partial charge in [-0.05, 0) is 73.8 Å². The average molecular weight is 702 g/mol. The molecule has 9 aromatic rings. The smallest absolute Gasteiger partial charge is 0.160 e. The predicted molar refractivity (Wildman–Crippen MR) is 224 cm³/mol. The fourth-order valence-electron chi connectivity index (χ4n) is 8.29. The van der Waals surface area contributed by atoms with Crippen molar-refractivity contribution in [1.29, 1.82) is 0 Å². The van der Waals surface area contributed by atoms with Crippen molar-refractivity contribution in [2.24, 2.45) is 0 Å². The Kier molecular flexibility index (Phi) is 8.04. The number of rotatable bonds is 7. The van der Waals surface area contributed by atoms with Crippen LogP contribution in [-0.4, -0.2) is 15.0 Å². The van der Waals surface area contributed by atoms with Crippen molar-refractivity contribution in [3.8, 4) is 67.3 Å². The zero-order chi connectivity index (χ0) is 36.6. The SMILES string of the molecule is c1ccc(-c2ccc(-c3nc(-c4ccc(-c5cccnc5)cc4)cc(-c4ccc5c(c4)-c4ccccc4C5(c4ccccc4)c4ccccc4)n3)cc2)cc1. The van der Waals surface area contributed by atoms with Crippen LogP contribution in [0.15, 0.2) is 213 Å². The van der Waals surface area contributed by atoms with Gasteiger partial charge in [-0.1, -0.05) is 182 Å². The van der Waals surface area contributed by atoms with Crippen molar-refractivity contribution in [3.05, 3.63) is 235 Å². The van der Waals surface area contributed by atoms with Crippen molar-refractivity contribution in [1.82, 2.24) is 15.0 Å². The van der Waals surface area contributed by atoms with Crippen molar-refractivity contribution in [2.75, 3.05) is 0 Å². The summed E-state index contributed by atoms with van der Waals surface area (Å²) in [6, 6.07) is 71.4. The molecule has 0 bridgehead atoms. The Morgan fingerprint density at radius 1 is 0.327 bits per heavy atom. The van der Waals surface area contributed by atoms with Crippen LogP contribution < -0.4 is 0 Å². The van der Waals surface area contributed by atoms with Crippen LogP contribution in [0.2, 0.25) is 0 Å². The molecule has 10 rings (SSSR count). The summed E-state index contributed by atoms with van der Waals surface area (Å²) in [5, 5.41) is 0. The molecule has 0 saturated heterocycles. The fraction of sp³-hybridized carbons (Fsp3) is 0.0192. The Labute approximate surface area is 321 Å². The normalized spacial score (nSPS) is 12.5. The minimum absolute atomic E-state index is 0.453. The van der Waals surface area contributed by atoms with Crippen LogP contribution in [0.25, 0.3) is 67.3 Å². The van der Waals surface area contributed by atoms with E-state index in [2.05, 4.69) is 193 Å². The summed E-state index contributed by atoms with van der Waals surface area (Å²) in [5.41, 5.74) is 16.4. The lowest BCUT2D eigenvalue weighted by Gasteiger charge is -2.33. The van der Waals surface area contributed by atoms with Crippen LogP contribution in [0.1, 0.15) is 22.3 Å². The van der Waals surface area contributed by atoms with Gasteiger partial charge in [0, 0.05) is 29.1 Å². The Balaban J connectivity index is 1.14. The highest BCUT2D eigenvalue weighted by molar-refractivity contribution is 5.89. The molecule has 258 valence electrons. The average Bonchev–Trinajstić information content (AvgIpc) is 3.58. The molecule has 3 nitrogen and oxygen atoms in total. The van der Waals surface area contributed by atoms with Gasteiger partial charge in [-0.3, -0.25) is 4.98 Å². The van der Waals surface area contributed by atoms with Gasteiger partial charge in [-0.25, -0.2) is 9.97 Å². The van der Waals surface area contributed by atoms with Crippen molar-refractivity contribution < 1.29 is 0 Å². The van der Waals surface area contributed by atoms with Gasteiger partial charge in [0.1, 0.15) is 0 Å². The lowest BCUT2D eigenvalue weighted by Crippen LogP contribution is -2.28. The molecule has 0 atom stereocenters. The van der Waals surface area contributed by atoms with Gasteiger partial charge in [0.2, 0.25) is 0 Å². The minimum atomic E-state index is -0.453. The second-order valence-corrected chi connectivity index (χ2v) is 14.0. The summed E-state index contributed by atoms with van der Waals surface area (Å²) in [6.45, 7) is 0. The molecule has 0 fully saturated rings. The van der Waals surface area contributed by atoms with Crippen LogP contribution in [0.3, 0.4) is 0 Å². The second-order valence-electron chi connectivity index (χ2n) is 14.0. The largest absolute Gasteiger partial charge is 0.264 e. The quantitative estimate of drug-likeness (QED) is 0.166. The molecule has 0 radical (unpaired) electrons. The number of aromatic nitrogens is 3. The number of pyridine rings is 1. The summed E-state index contributed by atoms with van der Waals surface area (Å²) in [7, 11) is 0. The Morgan fingerprint density at radius 3 is 1.47 bits per heavy atom. The van der Waals surface area contributed by atoms with Crippen LogP contribution in [0, 0.1) is 0 Å². The molecule has 3 heteroatoms. The minimum Gasteiger partial charge on any atom is -0.264 e. The van der Waals surface area contributed by atoms with E-state index < -0.39 is 5.41 Å². The maximum absolute atomic E-state index is 5.28. The summed E-state index contributed by atoms with van der Waals surface area (Å²) in [6.07, 6.45) is 3.69. The first kappa shape index (κ1) is 32.4. The molecular formula is C52H35N3. The highest BCUT2D eigenvalue weighted by atomic mass is 14.9. The van der Waals surface area contributed by atoms with Gasteiger partial charge in [0.15, 0.2) is 5.82 Å². The van der Waals surface area contributed by atoms with E-state index in [9.17, 15) is 0 Å². The lowest BCUT2D eigenvalue weighted by molar-refractivity contribution is 0.768. The third-order valence-corrected chi connectivity index (χ3v) is 10.9. The van der Waals surface area contributed by atoms with Crippen molar-refractivity contribution in [2.45, 2.75) is 5.41 Å². The molecule has 0 spiro atoms. The molecule has 0 saturated carbocycles. The fourth-order valence-corrected chi connectivity index (χ4v) is 8.29. The number of hydrogen-bond donors (Lipinski definition) is 0. The first-order valence-electron chi connectivity index (χ1n) is 18.7. The third kappa shape index (κ3) is 5.65. The first-order valence-corrected chi connectivity index (χ1v) is 18.7. The summed E-state index contributed by atoms with van der Waals surface area (Å²) < 4.78 is 0. The van der Waals surface area contributed by atoms with Gasteiger partial charge < -0.3 is 0 Å². The van der Waals surface area contributed by atoms with E-state index >= 15 is 0 Å². The molecular weight excluding hydrogens is 667 g/mol. The van der Waals surface area contributed by atoms with E-state index in [0.29, 0.717) is 5.82 Å². The Morgan fingerprint density at radius 2 is 0.818 bits per heavy atom. The Bertz CT molecular complexity index is 2620. The highest BCUT2D eigenvalue weighted by Gasteiger charge is 2.46. The van der Waals surface area contributed by atoms with Crippen molar-refractivity contribution >= 4 is 0 Å². The molecule has 0 amide bonds. The molecule has 2 heterocycles. The molecule has 7 aromatic carbocycles. The van der Waals surface area contributed by atoms with E-state index in [0.717, 1.165) is 44.8 Å². The van der Waals surface area contributed by atoms with Gasteiger partial charge >= 0.3 is 0 Å². The predicted octanol–water partition coefficient (Wildman–Crippen LogP) is 12.6. The first-order chi connectivity index (χ1) is 27.3. The van der Waals surface area contributed by atoms with Gasteiger partial charge in [0.25, 0.3) is 0 Å². The van der Waals surface area contributed by atoms with E-state index in [4.69, 9.17) is 9.97 Å². The number of hydrogen-bond acceptors (Lipinski definition) is 3. The highest BCUT2D eigenvalue weighted by Crippen LogP contribution is 2.56. The topological polar surface area (TPSA) is 38.7 Å². The molecule has 2 aromatic heterocycles. The standard InChI is InChI=1S/C52H35N3/c1-4-13-36(14-5-1)37-24-28-40(29-25-37)51-54-49(39-26-22-38(23-27-39)42-15-12-32-53-35-42)34-50(55-51)41-30-31-48-46(33-41)45-20-10-11-21-47(45)52(48,43-16-6-2-7-17-43)44-18-8-3-9-19-44/h1-35H. The van der Waals surface area contributed by atoms with Gasteiger partial charge in [0.05, 0.1) is 16.8 Å². The molecule has 0 N–H and O–H groups in total. The number of nitrogens with zero attached hydrogens (tertiary/aromatic N) is 3. The van der Waals surface area contributed by atoms with E-state index in [1.807, 2.05) is 18.3 Å². The maximum atomic E-state index is 5.28. The monoisotopic (exact) mass is 701 g/mol. The third-order valence-electron chi connectivity index (χ3n) is 10.9. The summed E-state index contributed by atoms with van der Waals surface area (Å²) in [5.74, 6) is 0.687. The van der Waals surface area contributed by atoms with Crippen molar-refractivity contribution in [3.63, 3.8) is 0 Å². The maximum Gasteiger partial charge on any atom is 0.160 e. The van der Waals surface area contributed by atoms with Crippen LogP contribution in [-0.2, 0) is 5.41 Å².